The Morgan fingerprint density at radius 1 is 1.24 bits per heavy atom. The van der Waals surface area contributed by atoms with Crippen LogP contribution in [0.3, 0.4) is 0 Å². The van der Waals surface area contributed by atoms with Crippen molar-refractivity contribution >= 4 is 32.8 Å². The number of hydrogen-bond acceptors (Lipinski definition) is 1. The number of hydrogen-bond donors (Lipinski definition) is 2. The van der Waals surface area contributed by atoms with Gasteiger partial charge in [0.15, 0.2) is 0 Å². The molecule has 2 N–H and O–H groups in total. The van der Waals surface area contributed by atoms with Crippen molar-refractivity contribution in [1.29, 1.82) is 0 Å². The number of aliphatic carboxylic acids is 1. The van der Waals surface area contributed by atoms with E-state index in [9.17, 15) is 9.90 Å². The molecule has 2 aromatic carbocycles. The standard InChI is InChI=1S/C17H14BrNO2/c1-10-6-7-15-12(8-10)13(9-16(20)21)17(19-15)11-4-2-3-5-14(11)18/h2-8,19H,9H2,1H3,(H,20,21). The summed E-state index contributed by atoms with van der Waals surface area (Å²) in [5, 5.41) is 10.2. The van der Waals surface area contributed by atoms with Gasteiger partial charge in [-0.1, -0.05) is 45.8 Å². The average molecular weight is 344 g/mol. The number of carbonyl (C=O) groups is 1. The maximum atomic E-state index is 11.2. The molecule has 0 saturated heterocycles. The molecular formula is C17H14BrNO2. The third kappa shape index (κ3) is 2.59. The van der Waals surface area contributed by atoms with Gasteiger partial charge in [-0.3, -0.25) is 4.79 Å². The number of rotatable bonds is 3. The molecule has 0 spiro atoms. The zero-order valence-corrected chi connectivity index (χ0v) is 13.1. The first-order valence-electron chi connectivity index (χ1n) is 6.64. The number of fused-ring (bicyclic) bond motifs is 1. The molecular weight excluding hydrogens is 330 g/mol. The highest BCUT2D eigenvalue weighted by molar-refractivity contribution is 9.10. The van der Waals surface area contributed by atoms with Crippen molar-refractivity contribution in [2.75, 3.05) is 0 Å². The van der Waals surface area contributed by atoms with Crippen LogP contribution < -0.4 is 0 Å². The first-order valence-corrected chi connectivity index (χ1v) is 7.43. The minimum absolute atomic E-state index is 0.000120. The van der Waals surface area contributed by atoms with Crippen LogP contribution in [0.25, 0.3) is 22.2 Å². The van der Waals surface area contributed by atoms with Crippen LogP contribution in [0.4, 0.5) is 0 Å². The lowest BCUT2D eigenvalue weighted by Gasteiger charge is -2.05. The lowest BCUT2D eigenvalue weighted by Crippen LogP contribution is -2.01. The number of aromatic nitrogens is 1. The highest BCUT2D eigenvalue weighted by Crippen LogP contribution is 2.35. The molecule has 0 aliphatic heterocycles. The van der Waals surface area contributed by atoms with Gasteiger partial charge in [0.1, 0.15) is 0 Å². The van der Waals surface area contributed by atoms with Crippen molar-refractivity contribution in [3.05, 3.63) is 58.1 Å². The second-order valence-electron chi connectivity index (χ2n) is 5.08. The molecule has 0 aliphatic carbocycles. The number of benzene rings is 2. The minimum atomic E-state index is -0.828. The van der Waals surface area contributed by atoms with E-state index >= 15 is 0 Å². The Morgan fingerprint density at radius 2 is 2.00 bits per heavy atom. The van der Waals surface area contributed by atoms with Gasteiger partial charge in [0.2, 0.25) is 0 Å². The topological polar surface area (TPSA) is 53.1 Å². The number of nitrogens with one attached hydrogen (secondary N) is 1. The molecule has 3 nitrogen and oxygen atoms in total. The largest absolute Gasteiger partial charge is 0.481 e. The van der Waals surface area contributed by atoms with Gasteiger partial charge in [-0.2, -0.15) is 0 Å². The molecule has 106 valence electrons. The molecule has 0 fully saturated rings. The van der Waals surface area contributed by atoms with Gasteiger partial charge in [0, 0.05) is 20.9 Å². The zero-order chi connectivity index (χ0) is 15.0. The summed E-state index contributed by atoms with van der Waals surface area (Å²) >= 11 is 3.54. The maximum absolute atomic E-state index is 11.2. The molecule has 3 aromatic rings. The van der Waals surface area contributed by atoms with Crippen LogP contribution in [-0.2, 0) is 11.2 Å². The molecule has 0 amide bonds. The van der Waals surface area contributed by atoms with Crippen molar-refractivity contribution in [3.8, 4) is 11.3 Å². The fourth-order valence-corrected chi connectivity index (χ4v) is 3.07. The maximum Gasteiger partial charge on any atom is 0.307 e. The Kier molecular flexibility index (Phi) is 3.55. The molecule has 0 unspecified atom stereocenters. The molecule has 1 aromatic heterocycles. The molecule has 0 bridgehead atoms. The Labute approximate surface area is 130 Å². The number of aryl methyl sites for hydroxylation is 1. The Balaban J connectivity index is 2.31. The van der Waals surface area contributed by atoms with Gasteiger partial charge in [0.25, 0.3) is 0 Å². The minimum Gasteiger partial charge on any atom is -0.481 e. The molecule has 0 saturated carbocycles. The quantitative estimate of drug-likeness (QED) is 0.733. The average Bonchev–Trinajstić information content (AvgIpc) is 2.77. The first-order chi connectivity index (χ1) is 10.1. The predicted octanol–water partition coefficient (Wildman–Crippen LogP) is 4.53. The van der Waals surface area contributed by atoms with E-state index in [-0.39, 0.29) is 6.42 Å². The normalized spacial score (nSPS) is 11.0. The van der Waals surface area contributed by atoms with Crippen molar-refractivity contribution in [2.24, 2.45) is 0 Å². The Morgan fingerprint density at radius 3 is 2.71 bits per heavy atom. The summed E-state index contributed by atoms with van der Waals surface area (Å²) in [6.07, 6.45) is 0.000120. The Bertz CT molecular complexity index is 836. The van der Waals surface area contributed by atoms with Crippen LogP contribution in [-0.4, -0.2) is 16.1 Å². The molecule has 0 atom stereocenters. The zero-order valence-electron chi connectivity index (χ0n) is 11.5. The lowest BCUT2D eigenvalue weighted by atomic mass is 10.0. The summed E-state index contributed by atoms with van der Waals surface area (Å²) in [6, 6.07) is 13.9. The van der Waals surface area contributed by atoms with Crippen LogP contribution >= 0.6 is 15.9 Å². The highest BCUT2D eigenvalue weighted by Gasteiger charge is 2.17. The number of aromatic amines is 1. The van der Waals surface area contributed by atoms with Crippen LogP contribution in [0.5, 0.6) is 0 Å². The second kappa shape index (κ2) is 5.37. The molecule has 21 heavy (non-hydrogen) atoms. The van der Waals surface area contributed by atoms with E-state index < -0.39 is 5.97 Å². The van der Waals surface area contributed by atoms with Crippen LogP contribution in [0.2, 0.25) is 0 Å². The first kappa shape index (κ1) is 13.9. The van der Waals surface area contributed by atoms with E-state index in [2.05, 4.69) is 20.9 Å². The van der Waals surface area contributed by atoms with E-state index in [0.717, 1.165) is 37.8 Å². The van der Waals surface area contributed by atoms with E-state index in [4.69, 9.17) is 0 Å². The van der Waals surface area contributed by atoms with Gasteiger partial charge >= 0.3 is 5.97 Å². The molecule has 0 aliphatic rings. The van der Waals surface area contributed by atoms with Crippen molar-refractivity contribution in [2.45, 2.75) is 13.3 Å². The fourth-order valence-electron chi connectivity index (χ4n) is 2.59. The van der Waals surface area contributed by atoms with Gasteiger partial charge in [-0.05, 0) is 30.7 Å². The SMILES string of the molecule is Cc1ccc2[nH]c(-c3ccccc3Br)c(CC(=O)O)c2c1. The molecule has 4 heteroatoms. The van der Waals surface area contributed by atoms with E-state index in [1.807, 2.05) is 49.4 Å². The number of H-pyrrole nitrogens is 1. The third-order valence-corrected chi connectivity index (χ3v) is 4.22. The molecule has 0 radical (unpaired) electrons. The number of carboxylic acid groups (broad SMARTS) is 1. The van der Waals surface area contributed by atoms with Crippen LogP contribution in [0.15, 0.2) is 46.9 Å². The highest BCUT2D eigenvalue weighted by atomic mass is 79.9. The van der Waals surface area contributed by atoms with Gasteiger partial charge in [-0.15, -0.1) is 0 Å². The van der Waals surface area contributed by atoms with Crippen LogP contribution in [0.1, 0.15) is 11.1 Å². The van der Waals surface area contributed by atoms with Crippen molar-refractivity contribution in [3.63, 3.8) is 0 Å². The fraction of sp³-hybridized carbons (Fsp3) is 0.118. The van der Waals surface area contributed by atoms with Gasteiger partial charge < -0.3 is 10.1 Å². The van der Waals surface area contributed by atoms with E-state index in [0.29, 0.717) is 0 Å². The lowest BCUT2D eigenvalue weighted by molar-refractivity contribution is -0.136. The monoisotopic (exact) mass is 343 g/mol. The predicted molar refractivity (Wildman–Crippen MR) is 87.5 cm³/mol. The third-order valence-electron chi connectivity index (χ3n) is 3.53. The summed E-state index contributed by atoms with van der Waals surface area (Å²) in [4.78, 5) is 14.6. The van der Waals surface area contributed by atoms with Crippen molar-refractivity contribution in [1.82, 2.24) is 4.98 Å². The summed E-state index contributed by atoms with van der Waals surface area (Å²) in [5.41, 5.74) is 4.75. The molecule has 3 rings (SSSR count). The number of halogens is 1. The van der Waals surface area contributed by atoms with Gasteiger partial charge in [-0.25, -0.2) is 0 Å². The van der Waals surface area contributed by atoms with Crippen LogP contribution in [0, 0.1) is 6.92 Å². The summed E-state index contributed by atoms with van der Waals surface area (Å²) in [6.45, 7) is 2.01. The smallest absolute Gasteiger partial charge is 0.307 e. The summed E-state index contributed by atoms with van der Waals surface area (Å²) in [5.74, 6) is -0.828. The summed E-state index contributed by atoms with van der Waals surface area (Å²) < 4.78 is 0.944. The second-order valence-corrected chi connectivity index (χ2v) is 5.93. The van der Waals surface area contributed by atoms with Gasteiger partial charge in [0.05, 0.1) is 12.1 Å². The number of carboxylic acids is 1. The summed E-state index contributed by atoms with van der Waals surface area (Å²) in [7, 11) is 0. The van der Waals surface area contributed by atoms with E-state index in [1.54, 1.807) is 0 Å². The van der Waals surface area contributed by atoms with Crippen molar-refractivity contribution < 1.29 is 9.90 Å². The molecule has 1 heterocycles. The van der Waals surface area contributed by atoms with E-state index in [1.165, 1.54) is 0 Å². The Hall–Kier alpha value is -2.07.